The first-order valence-corrected chi connectivity index (χ1v) is 8.28. The Kier molecular flexibility index (Phi) is 4.52. The van der Waals surface area contributed by atoms with Gasteiger partial charge in [-0.05, 0) is 24.3 Å². The Morgan fingerprint density at radius 3 is 2.58 bits per heavy atom. The highest BCUT2D eigenvalue weighted by Crippen LogP contribution is 2.18. The van der Waals surface area contributed by atoms with Crippen LogP contribution in [0.4, 0.5) is 5.69 Å². The van der Waals surface area contributed by atoms with E-state index in [1.54, 1.807) is 36.2 Å². The smallest absolute Gasteiger partial charge is 0.280 e. The molecule has 7 heteroatoms. The zero-order valence-corrected chi connectivity index (χ0v) is 13.9. The molecule has 0 saturated heterocycles. The van der Waals surface area contributed by atoms with Gasteiger partial charge in [-0.25, -0.2) is 9.66 Å². The zero-order chi connectivity index (χ0) is 17.1. The first kappa shape index (κ1) is 16.1. The van der Waals surface area contributed by atoms with Crippen molar-refractivity contribution >= 4 is 34.3 Å². The van der Waals surface area contributed by atoms with Gasteiger partial charge in [0, 0.05) is 12.7 Å². The predicted octanol–water partition coefficient (Wildman–Crippen LogP) is 1.87. The largest absolute Gasteiger partial charge is 0.334 e. The number of hydrogen-bond donors (Lipinski definition) is 1. The topological polar surface area (TPSA) is 81.2 Å². The number of amides is 1. The molecule has 3 aromatic rings. The van der Waals surface area contributed by atoms with Crippen LogP contribution < -0.4 is 16.3 Å². The Morgan fingerprint density at radius 2 is 1.83 bits per heavy atom. The SMILES string of the molecule is CN(C(=O)CSc1nc2ccccc2c(=O)n1N)c1ccccc1. The van der Waals surface area contributed by atoms with Crippen LogP contribution in [0, 0.1) is 0 Å². The molecule has 122 valence electrons. The third-order valence-corrected chi connectivity index (χ3v) is 4.56. The fourth-order valence-corrected chi connectivity index (χ4v) is 3.08. The van der Waals surface area contributed by atoms with Gasteiger partial charge in [0.05, 0.1) is 16.7 Å². The first-order chi connectivity index (χ1) is 11.6. The Hall–Kier alpha value is -2.80. The van der Waals surface area contributed by atoms with Crippen LogP contribution in [0.2, 0.25) is 0 Å². The molecule has 0 aliphatic heterocycles. The molecule has 0 fully saturated rings. The predicted molar refractivity (Wildman–Crippen MR) is 96.7 cm³/mol. The number of para-hydroxylation sites is 2. The second kappa shape index (κ2) is 6.76. The van der Waals surface area contributed by atoms with Crippen molar-refractivity contribution in [2.75, 3.05) is 23.5 Å². The lowest BCUT2D eigenvalue weighted by molar-refractivity contribution is -0.115. The standard InChI is InChI=1S/C17H16N4O2S/c1-20(12-7-3-2-4-8-12)15(22)11-24-17-19-14-10-6-5-9-13(14)16(23)21(17)18/h2-10H,11,18H2,1H3. The van der Waals surface area contributed by atoms with Gasteiger partial charge in [-0.15, -0.1) is 0 Å². The molecule has 0 unspecified atom stereocenters. The number of nitrogen functional groups attached to an aromatic ring is 1. The molecular formula is C17H16N4O2S. The molecule has 0 aliphatic rings. The summed E-state index contributed by atoms with van der Waals surface area (Å²) in [6, 6.07) is 16.3. The minimum Gasteiger partial charge on any atom is -0.334 e. The number of carbonyl (C=O) groups excluding carboxylic acids is 1. The Balaban J connectivity index is 1.80. The number of fused-ring (bicyclic) bond motifs is 1. The van der Waals surface area contributed by atoms with E-state index in [2.05, 4.69) is 4.98 Å². The van der Waals surface area contributed by atoms with E-state index in [9.17, 15) is 9.59 Å². The van der Waals surface area contributed by atoms with E-state index in [1.807, 2.05) is 30.3 Å². The maximum Gasteiger partial charge on any atom is 0.280 e. The van der Waals surface area contributed by atoms with E-state index >= 15 is 0 Å². The van der Waals surface area contributed by atoms with Crippen molar-refractivity contribution in [3.63, 3.8) is 0 Å². The van der Waals surface area contributed by atoms with E-state index in [4.69, 9.17) is 5.84 Å². The van der Waals surface area contributed by atoms with Gasteiger partial charge in [-0.2, -0.15) is 0 Å². The van der Waals surface area contributed by atoms with Crippen molar-refractivity contribution in [3.05, 3.63) is 65.0 Å². The number of thioether (sulfide) groups is 1. The first-order valence-electron chi connectivity index (χ1n) is 7.29. The maximum atomic E-state index is 12.3. The lowest BCUT2D eigenvalue weighted by atomic mass is 10.2. The molecule has 1 amide bonds. The molecule has 24 heavy (non-hydrogen) atoms. The average molecular weight is 340 g/mol. The number of nitrogens with zero attached hydrogens (tertiary/aromatic N) is 3. The number of nitrogens with two attached hydrogens (primary N) is 1. The normalized spacial score (nSPS) is 10.7. The van der Waals surface area contributed by atoms with Crippen molar-refractivity contribution in [2.45, 2.75) is 5.16 Å². The van der Waals surface area contributed by atoms with Crippen LogP contribution in [0.1, 0.15) is 0 Å². The molecule has 0 saturated carbocycles. The molecule has 1 aromatic heterocycles. The molecule has 2 aromatic carbocycles. The zero-order valence-electron chi connectivity index (χ0n) is 13.0. The van der Waals surface area contributed by atoms with Crippen LogP contribution in [0.5, 0.6) is 0 Å². The summed E-state index contributed by atoms with van der Waals surface area (Å²) in [5.74, 6) is 5.85. The van der Waals surface area contributed by atoms with Crippen LogP contribution in [0.15, 0.2) is 64.5 Å². The van der Waals surface area contributed by atoms with Crippen LogP contribution in [0.25, 0.3) is 10.9 Å². The van der Waals surface area contributed by atoms with Crippen LogP contribution in [0.3, 0.4) is 0 Å². The number of carbonyl (C=O) groups is 1. The summed E-state index contributed by atoms with van der Waals surface area (Å²) in [7, 11) is 1.71. The summed E-state index contributed by atoms with van der Waals surface area (Å²) in [4.78, 5) is 30.5. The Bertz CT molecular complexity index is 940. The highest BCUT2D eigenvalue weighted by Gasteiger charge is 2.14. The summed E-state index contributed by atoms with van der Waals surface area (Å²) in [6.07, 6.45) is 0. The van der Waals surface area contributed by atoms with Gasteiger partial charge in [0.25, 0.3) is 5.56 Å². The molecule has 2 N–H and O–H groups in total. The van der Waals surface area contributed by atoms with Crippen LogP contribution in [-0.4, -0.2) is 28.4 Å². The summed E-state index contributed by atoms with van der Waals surface area (Å²) < 4.78 is 0.989. The third-order valence-electron chi connectivity index (χ3n) is 3.62. The average Bonchev–Trinajstić information content (AvgIpc) is 2.63. The molecule has 0 atom stereocenters. The van der Waals surface area contributed by atoms with E-state index in [0.29, 0.717) is 16.1 Å². The van der Waals surface area contributed by atoms with E-state index in [0.717, 1.165) is 22.1 Å². The van der Waals surface area contributed by atoms with Gasteiger partial charge in [0.1, 0.15) is 0 Å². The molecule has 1 heterocycles. The molecule has 0 radical (unpaired) electrons. The van der Waals surface area contributed by atoms with Gasteiger partial charge in [-0.3, -0.25) is 9.59 Å². The number of anilines is 1. The number of benzene rings is 2. The molecule has 0 spiro atoms. The fraction of sp³-hybridized carbons (Fsp3) is 0.118. The van der Waals surface area contributed by atoms with E-state index in [1.165, 1.54) is 0 Å². The van der Waals surface area contributed by atoms with Crippen LogP contribution in [-0.2, 0) is 4.79 Å². The Labute approximate surface area is 142 Å². The molecule has 0 aliphatic carbocycles. The van der Waals surface area contributed by atoms with Gasteiger partial charge in [0.15, 0.2) is 5.16 Å². The second-order valence-corrected chi connectivity index (χ2v) is 6.11. The summed E-state index contributed by atoms with van der Waals surface area (Å²) in [5, 5.41) is 0.769. The van der Waals surface area contributed by atoms with Crippen LogP contribution >= 0.6 is 11.8 Å². The van der Waals surface area contributed by atoms with Gasteiger partial charge >= 0.3 is 0 Å². The van der Waals surface area contributed by atoms with Gasteiger partial charge in [0.2, 0.25) is 5.91 Å². The molecular weight excluding hydrogens is 324 g/mol. The summed E-state index contributed by atoms with van der Waals surface area (Å²) in [5.41, 5.74) is 1.04. The van der Waals surface area contributed by atoms with Crippen molar-refractivity contribution in [2.24, 2.45) is 0 Å². The highest BCUT2D eigenvalue weighted by molar-refractivity contribution is 7.99. The minimum absolute atomic E-state index is 0.103. The minimum atomic E-state index is -0.327. The fourth-order valence-electron chi connectivity index (χ4n) is 2.25. The Morgan fingerprint density at radius 1 is 1.17 bits per heavy atom. The number of hydrogen-bond acceptors (Lipinski definition) is 5. The molecule has 6 nitrogen and oxygen atoms in total. The van der Waals surface area contributed by atoms with E-state index in [-0.39, 0.29) is 17.2 Å². The third kappa shape index (κ3) is 3.11. The molecule has 0 bridgehead atoms. The monoisotopic (exact) mass is 340 g/mol. The lowest BCUT2D eigenvalue weighted by Gasteiger charge is -2.17. The molecule has 3 rings (SSSR count). The number of rotatable bonds is 4. The summed E-state index contributed by atoms with van der Waals surface area (Å²) in [6.45, 7) is 0. The van der Waals surface area contributed by atoms with E-state index < -0.39 is 0 Å². The van der Waals surface area contributed by atoms with Crippen molar-refractivity contribution in [3.8, 4) is 0 Å². The lowest BCUT2D eigenvalue weighted by Crippen LogP contribution is -2.31. The highest BCUT2D eigenvalue weighted by atomic mass is 32.2. The summed E-state index contributed by atoms with van der Waals surface area (Å²) >= 11 is 1.14. The number of aromatic nitrogens is 2. The second-order valence-electron chi connectivity index (χ2n) is 5.16. The van der Waals surface area contributed by atoms with Crippen molar-refractivity contribution in [1.82, 2.24) is 9.66 Å². The maximum absolute atomic E-state index is 12.3. The van der Waals surface area contributed by atoms with Crippen molar-refractivity contribution in [1.29, 1.82) is 0 Å². The quantitative estimate of drug-likeness (QED) is 0.445. The van der Waals surface area contributed by atoms with Gasteiger partial charge < -0.3 is 10.7 Å². The van der Waals surface area contributed by atoms with Crippen molar-refractivity contribution < 1.29 is 4.79 Å². The van der Waals surface area contributed by atoms with Gasteiger partial charge in [-0.1, -0.05) is 42.1 Å².